The fraction of sp³-hybridized carbons (Fsp3) is 0.400. The number of nitrogens with one attached hydrogen (secondary N) is 3. The van der Waals surface area contributed by atoms with E-state index in [2.05, 4.69) is 21.7 Å². The van der Waals surface area contributed by atoms with E-state index in [0.29, 0.717) is 5.69 Å². The van der Waals surface area contributed by atoms with Crippen molar-refractivity contribution in [3.63, 3.8) is 0 Å². The van der Waals surface area contributed by atoms with Gasteiger partial charge in [0.1, 0.15) is 5.69 Å². The smallest absolute Gasteiger partial charge is 0.268 e. The van der Waals surface area contributed by atoms with Gasteiger partial charge < -0.3 is 21.4 Å². The Bertz CT molecular complexity index is 634. The average Bonchev–Trinajstić information content (AvgIpc) is 2.84. The third-order valence-corrected chi connectivity index (χ3v) is 3.87. The average molecular weight is 272 g/mol. The van der Waals surface area contributed by atoms with E-state index in [1.54, 1.807) is 0 Å². The molecule has 1 aromatic heterocycles. The number of rotatable bonds is 2. The number of carbonyl (C=O) groups excluding carboxylic acids is 1. The normalized spacial score (nSPS) is 22.9. The summed E-state index contributed by atoms with van der Waals surface area (Å²) >= 11 is 0. The first-order valence-electron chi connectivity index (χ1n) is 7.00. The summed E-state index contributed by atoms with van der Waals surface area (Å²) in [5, 5.41) is 7.31. The van der Waals surface area contributed by atoms with E-state index >= 15 is 0 Å². The Balaban J connectivity index is 1.78. The summed E-state index contributed by atoms with van der Waals surface area (Å²) in [5.74, 6) is -0.0822. The highest BCUT2D eigenvalue weighted by Crippen LogP contribution is 2.17. The lowest BCUT2D eigenvalue weighted by Gasteiger charge is -2.29. The number of nitrogens with two attached hydrogens (primary N) is 1. The molecule has 2 aromatic rings. The van der Waals surface area contributed by atoms with Gasteiger partial charge in [0.15, 0.2) is 0 Å². The molecule has 0 spiro atoms. The van der Waals surface area contributed by atoms with Crippen molar-refractivity contribution in [3.05, 3.63) is 35.5 Å². The van der Waals surface area contributed by atoms with E-state index in [-0.39, 0.29) is 18.0 Å². The van der Waals surface area contributed by atoms with Crippen molar-refractivity contribution < 1.29 is 4.79 Å². The number of carbonyl (C=O) groups is 1. The van der Waals surface area contributed by atoms with E-state index in [1.807, 2.05) is 25.1 Å². The predicted molar refractivity (Wildman–Crippen MR) is 79.8 cm³/mol. The highest BCUT2D eigenvalue weighted by Gasteiger charge is 2.24. The molecule has 106 valence electrons. The van der Waals surface area contributed by atoms with Crippen molar-refractivity contribution in [2.24, 2.45) is 5.73 Å². The molecule has 1 fully saturated rings. The molecule has 0 saturated carbocycles. The first-order chi connectivity index (χ1) is 9.63. The summed E-state index contributed by atoms with van der Waals surface area (Å²) in [5.41, 5.74) is 8.77. The maximum absolute atomic E-state index is 12.3. The van der Waals surface area contributed by atoms with Gasteiger partial charge in [-0.3, -0.25) is 4.79 Å². The topological polar surface area (TPSA) is 82.9 Å². The Morgan fingerprint density at radius 3 is 3.05 bits per heavy atom. The Labute approximate surface area is 117 Å². The van der Waals surface area contributed by atoms with Crippen LogP contribution in [0, 0.1) is 6.92 Å². The van der Waals surface area contributed by atoms with Crippen molar-refractivity contribution in [2.45, 2.75) is 25.4 Å². The number of piperidine rings is 1. The van der Waals surface area contributed by atoms with Crippen molar-refractivity contribution in [1.82, 2.24) is 15.6 Å². The molecule has 3 rings (SSSR count). The standard InChI is InChI=1S/C15H20N4O/c1-9-2-3-12-10(6-9)7-14(18-12)15(20)19-13-4-5-17-8-11(13)16/h2-3,6-7,11,13,17-18H,4-5,8,16H2,1H3,(H,19,20)/t11-,13+/m1/s1. The van der Waals surface area contributed by atoms with E-state index in [1.165, 1.54) is 5.56 Å². The van der Waals surface area contributed by atoms with Crippen LogP contribution in [0.25, 0.3) is 10.9 Å². The van der Waals surface area contributed by atoms with Crippen LogP contribution in [-0.2, 0) is 0 Å². The van der Waals surface area contributed by atoms with Crippen LogP contribution >= 0.6 is 0 Å². The molecule has 0 unspecified atom stereocenters. The number of aromatic amines is 1. The van der Waals surface area contributed by atoms with Crippen LogP contribution in [0.15, 0.2) is 24.3 Å². The highest BCUT2D eigenvalue weighted by atomic mass is 16.1. The zero-order chi connectivity index (χ0) is 14.1. The van der Waals surface area contributed by atoms with E-state index in [0.717, 1.165) is 30.4 Å². The Kier molecular flexibility index (Phi) is 3.46. The molecule has 0 radical (unpaired) electrons. The van der Waals surface area contributed by atoms with Gasteiger partial charge in [0.05, 0.1) is 0 Å². The lowest BCUT2D eigenvalue weighted by Crippen LogP contribution is -2.56. The maximum Gasteiger partial charge on any atom is 0.268 e. The Morgan fingerprint density at radius 2 is 2.25 bits per heavy atom. The minimum absolute atomic E-state index is 0.0284. The molecule has 1 aliphatic heterocycles. The van der Waals surface area contributed by atoms with Gasteiger partial charge in [-0.05, 0) is 38.1 Å². The van der Waals surface area contributed by atoms with Crippen LogP contribution < -0.4 is 16.4 Å². The van der Waals surface area contributed by atoms with Gasteiger partial charge in [0.2, 0.25) is 0 Å². The van der Waals surface area contributed by atoms with E-state index in [9.17, 15) is 4.79 Å². The molecule has 0 bridgehead atoms. The Hall–Kier alpha value is -1.85. The molecule has 1 aliphatic rings. The monoisotopic (exact) mass is 272 g/mol. The molecule has 1 aromatic carbocycles. The van der Waals surface area contributed by atoms with Gasteiger partial charge in [-0.15, -0.1) is 0 Å². The first kappa shape index (κ1) is 13.1. The summed E-state index contributed by atoms with van der Waals surface area (Å²) in [4.78, 5) is 15.5. The van der Waals surface area contributed by atoms with Crippen LogP contribution in [0.4, 0.5) is 0 Å². The molecule has 1 amide bonds. The summed E-state index contributed by atoms with van der Waals surface area (Å²) in [6.45, 7) is 3.68. The Morgan fingerprint density at radius 1 is 1.40 bits per heavy atom. The molecule has 0 aliphatic carbocycles. The fourth-order valence-electron chi connectivity index (χ4n) is 2.68. The van der Waals surface area contributed by atoms with Crippen molar-refractivity contribution in [2.75, 3.05) is 13.1 Å². The predicted octanol–water partition coefficient (Wildman–Crippen LogP) is 0.895. The van der Waals surface area contributed by atoms with Gasteiger partial charge >= 0.3 is 0 Å². The lowest BCUT2D eigenvalue weighted by atomic mass is 10.0. The lowest BCUT2D eigenvalue weighted by molar-refractivity contribution is 0.0919. The molecule has 2 atom stereocenters. The van der Waals surface area contributed by atoms with Crippen LogP contribution in [-0.4, -0.2) is 36.1 Å². The summed E-state index contributed by atoms with van der Waals surface area (Å²) in [7, 11) is 0. The van der Waals surface area contributed by atoms with Gasteiger partial charge in [0, 0.05) is 29.5 Å². The van der Waals surface area contributed by atoms with Gasteiger partial charge in [-0.2, -0.15) is 0 Å². The number of hydrogen-bond donors (Lipinski definition) is 4. The molecule has 5 N–H and O–H groups in total. The number of aromatic nitrogens is 1. The highest BCUT2D eigenvalue weighted by molar-refractivity contribution is 5.98. The fourth-order valence-corrected chi connectivity index (χ4v) is 2.68. The molecule has 2 heterocycles. The SMILES string of the molecule is Cc1ccc2[nH]c(C(=O)N[C@H]3CCNC[C@H]3N)cc2c1. The number of benzene rings is 1. The van der Waals surface area contributed by atoms with Crippen LogP contribution in [0.2, 0.25) is 0 Å². The van der Waals surface area contributed by atoms with E-state index in [4.69, 9.17) is 5.73 Å². The zero-order valence-electron chi connectivity index (χ0n) is 11.6. The number of amides is 1. The summed E-state index contributed by atoms with van der Waals surface area (Å²) in [6.07, 6.45) is 0.867. The number of aryl methyl sites for hydroxylation is 1. The van der Waals surface area contributed by atoms with Crippen LogP contribution in [0.3, 0.4) is 0 Å². The third-order valence-electron chi connectivity index (χ3n) is 3.87. The molecule has 20 heavy (non-hydrogen) atoms. The van der Waals surface area contributed by atoms with Gasteiger partial charge in [0.25, 0.3) is 5.91 Å². The molecule has 5 heteroatoms. The quantitative estimate of drug-likeness (QED) is 0.655. The molecular weight excluding hydrogens is 252 g/mol. The van der Waals surface area contributed by atoms with Crippen LogP contribution in [0.1, 0.15) is 22.5 Å². The largest absolute Gasteiger partial charge is 0.351 e. The van der Waals surface area contributed by atoms with Gasteiger partial charge in [-0.1, -0.05) is 11.6 Å². The number of hydrogen-bond acceptors (Lipinski definition) is 3. The van der Waals surface area contributed by atoms with Crippen molar-refractivity contribution in [1.29, 1.82) is 0 Å². The maximum atomic E-state index is 12.3. The van der Waals surface area contributed by atoms with Crippen LogP contribution in [0.5, 0.6) is 0 Å². The second kappa shape index (κ2) is 5.26. The summed E-state index contributed by atoms with van der Waals surface area (Å²) < 4.78 is 0. The van der Waals surface area contributed by atoms with Gasteiger partial charge in [-0.25, -0.2) is 0 Å². The first-order valence-corrected chi connectivity index (χ1v) is 7.00. The second-order valence-corrected chi connectivity index (χ2v) is 5.51. The molecular formula is C15H20N4O. The third kappa shape index (κ3) is 2.55. The minimum Gasteiger partial charge on any atom is -0.351 e. The van der Waals surface area contributed by atoms with E-state index < -0.39 is 0 Å². The van der Waals surface area contributed by atoms with Crippen molar-refractivity contribution >= 4 is 16.8 Å². The number of H-pyrrole nitrogens is 1. The number of fused-ring (bicyclic) bond motifs is 1. The minimum atomic E-state index is -0.0822. The van der Waals surface area contributed by atoms with Crippen molar-refractivity contribution in [3.8, 4) is 0 Å². The molecule has 1 saturated heterocycles. The second-order valence-electron chi connectivity index (χ2n) is 5.51. The molecule has 5 nitrogen and oxygen atoms in total. The zero-order valence-corrected chi connectivity index (χ0v) is 11.6. The summed E-state index contributed by atoms with van der Waals surface area (Å²) in [6, 6.07) is 8.00.